The van der Waals surface area contributed by atoms with Gasteiger partial charge in [0.2, 0.25) is 5.91 Å². The molecule has 1 fully saturated rings. The normalized spacial score (nSPS) is 20.1. The van der Waals surface area contributed by atoms with E-state index in [0.29, 0.717) is 23.0 Å². The van der Waals surface area contributed by atoms with E-state index in [1.807, 2.05) is 19.1 Å². The van der Waals surface area contributed by atoms with Gasteiger partial charge in [0.05, 0.1) is 5.52 Å². The van der Waals surface area contributed by atoms with E-state index in [1.54, 1.807) is 18.3 Å². The third-order valence-electron chi connectivity index (χ3n) is 6.41. The van der Waals surface area contributed by atoms with Crippen molar-refractivity contribution in [2.24, 2.45) is 11.8 Å². The van der Waals surface area contributed by atoms with Gasteiger partial charge in [-0.2, -0.15) is 0 Å². The summed E-state index contributed by atoms with van der Waals surface area (Å²) in [5.41, 5.74) is 2.55. The van der Waals surface area contributed by atoms with E-state index in [1.165, 1.54) is 29.8 Å². The molecule has 3 nitrogen and oxygen atoms in total. The molecular weight excluding hydrogens is 382 g/mol. The maximum atomic E-state index is 13.5. The van der Waals surface area contributed by atoms with Gasteiger partial charge in [0.25, 0.3) is 0 Å². The number of hydrogen-bond acceptors (Lipinski definition) is 2. The van der Waals surface area contributed by atoms with Crippen molar-refractivity contribution in [3.05, 3.63) is 71.9 Å². The van der Waals surface area contributed by atoms with Gasteiger partial charge in [-0.05, 0) is 92.0 Å². The lowest BCUT2D eigenvalue weighted by Gasteiger charge is -2.33. The minimum Gasteiger partial charge on any atom is -0.326 e. The number of carbonyl (C=O) groups is 1. The van der Waals surface area contributed by atoms with Gasteiger partial charge in [0, 0.05) is 29.3 Å². The number of pyridine rings is 1. The summed E-state index contributed by atoms with van der Waals surface area (Å²) in [4.78, 5) is 17.1. The molecule has 1 aliphatic carbocycles. The SMILES string of the molecule is CC[C@@H](C(=O)Nc1ccc(F)cc1)C1CCC(c2ccnc3cc(F)ccc23)CC1. The molecule has 0 spiro atoms. The van der Waals surface area contributed by atoms with Gasteiger partial charge in [-0.25, -0.2) is 8.78 Å². The van der Waals surface area contributed by atoms with E-state index in [0.717, 1.165) is 37.5 Å². The Labute approximate surface area is 175 Å². The summed E-state index contributed by atoms with van der Waals surface area (Å²) in [6.07, 6.45) is 6.49. The summed E-state index contributed by atoms with van der Waals surface area (Å²) in [6, 6.07) is 12.7. The predicted octanol–water partition coefficient (Wildman–Crippen LogP) is 6.45. The summed E-state index contributed by atoms with van der Waals surface area (Å²) in [5.74, 6) is 0.0994. The van der Waals surface area contributed by atoms with Crippen LogP contribution in [0.1, 0.15) is 50.5 Å². The van der Waals surface area contributed by atoms with Crippen LogP contribution in [0.25, 0.3) is 10.9 Å². The lowest BCUT2D eigenvalue weighted by molar-refractivity contribution is -0.122. The second-order valence-corrected chi connectivity index (χ2v) is 8.18. The van der Waals surface area contributed by atoms with Gasteiger partial charge in [-0.3, -0.25) is 9.78 Å². The van der Waals surface area contributed by atoms with Gasteiger partial charge in [-0.1, -0.05) is 6.92 Å². The van der Waals surface area contributed by atoms with Crippen LogP contribution in [0, 0.1) is 23.5 Å². The van der Waals surface area contributed by atoms with Crippen LogP contribution in [0.3, 0.4) is 0 Å². The Balaban J connectivity index is 1.43. The van der Waals surface area contributed by atoms with E-state index < -0.39 is 0 Å². The van der Waals surface area contributed by atoms with Crippen LogP contribution < -0.4 is 5.32 Å². The van der Waals surface area contributed by atoms with Crippen LogP contribution in [0.5, 0.6) is 0 Å². The Bertz CT molecular complexity index is 1030. The maximum Gasteiger partial charge on any atom is 0.227 e. The highest BCUT2D eigenvalue weighted by molar-refractivity contribution is 5.92. The number of anilines is 1. The van der Waals surface area contributed by atoms with Gasteiger partial charge < -0.3 is 5.32 Å². The summed E-state index contributed by atoms with van der Waals surface area (Å²) in [6.45, 7) is 2.05. The summed E-state index contributed by atoms with van der Waals surface area (Å²) in [7, 11) is 0. The summed E-state index contributed by atoms with van der Waals surface area (Å²) in [5, 5.41) is 3.96. The number of fused-ring (bicyclic) bond motifs is 1. The van der Waals surface area contributed by atoms with Crippen LogP contribution >= 0.6 is 0 Å². The van der Waals surface area contributed by atoms with Crippen LogP contribution in [-0.4, -0.2) is 10.9 Å². The highest BCUT2D eigenvalue weighted by Gasteiger charge is 2.32. The molecule has 1 heterocycles. The highest BCUT2D eigenvalue weighted by Crippen LogP contribution is 2.41. The lowest BCUT2D eigenvalue weighted by Crippen LogP contribution is -2.31. The summed E-state index contributed by atoms with van der Waals surface area (Å²) < 4.78 is 26.6. The molecule has 0 unspecified atom stereocenters. The van der Waals surface area contributed by atoms with Crippen molar-refractivity contribution in [3.63, 3.8) is 0 Å². The molecule has 1 aliphatic rings. The van der Waals surface area contributed by atoms with E-state index in [9.17, 15) is 13.6 Å². The predicted molar refractivity (Wildman–Crippen MR) is 115 cm³/mol. The van der Waals surface area contributed by atoms with Crippen LogP contribution in [-0.2, 0) is 4.79 Å². The molecule has 2 aromatic carbocycles. The Morgan fingerprint density at radius 1 is 1.03 bits per heavy atom. The van der Waals surface area contributed by atoms with Crippen LogP contribution in [0.4, 0.5) is 14.5 Å². The first kappa shape index (κ1) is 20.5. The van der Waals surface area contributed by atoms with Crippen molar-refractivity contribution in [1.82, 2.24) is 4.98 Å². The average molecular weight is 408 g/mol. The zero-order valence-electron chi connectivity index (χ0n) is 17.1. The molecular formula is C25H26F2N2O. The fraction of sp³-hybridized carbons (Fsp3) is 0.360. The standard InChI is InChI=1S/C25H26F2N2O/c1-2-21(25(30)29-20-10-7-18(26)8-11-20)16-3-5-17(6-4-16)22-13-14-28-24-15-19(27)9-12-23(22)24/h7-17,21H,2-6H2,1H3,(H,29,30)/t16?,17?,21-/m1/s1. The number of amides is 1. The van der Waals surface area contributed by atoms with Gasteiger partial charge in [-0.15, -0.1) is 0 Å². The molecule has 0 bridgehead atoms. The lowest BCUT2D eigenvalue weighted by atomic mass is 9.72. The molecule has 156 valence electrons. The minimum absolute atomic E-state index is 0.0115. The van der Waals surface area contributed by atoms with Crippen LogP contribution in [0.2, 0.25) is 0 Å². The fourth-order valence-corrected chi connectivity index (χ4v) is 4.83. The first-order valence-corrected chi connectivity index (χ1v) is 10.7. The Kier molecular flexibility index (Phi) is 6.07. The van der Waals surface area contributed by atoms with Crippen molar-refractivity contribution < 1.29 is 13.6 Å². The Hall–Kier alpha value is -2.82. The second kappa shape index (κ2) is 8.90. The van der Waals surface area contributed by atoms with Gasteiger partial charge in [0.1, 0.15) is 11.6 Å². The molecule has 1 atom stereocenters. The molecule has 1 amide bonds. The Morgan fingerprint density at radius 2 is 1.73 bits per heavy atom. The monoisotopic (exact) mass is 408 g/mol. The zero-order chi connectivity index (χ0) is 21.1. The molecule has 1 saturated carbocycles. The van der Waals surface area contributed by atoms with Gasteiger partial charge in [0.15, 0.2) is 0 Å². The van der Waals surface area contributed by atoms with Crippen molar-refractivity contribution in [3.8, 4) is 0 Å². The highest BCUT2D eigenvalue weighted by atomic mass is 19.1. The minimum atomic E-state index is -0.315. The van der Waals surface area contributed by atoms with E-state index >= 15 is 0 Å². The van der Waals surface area contributed by atoms with Crippen molar-refractivity contribution >= 4 is 22.5 Å². The number of nitrogens with one attached hydrogen (secondary N) is 1. The smallest absolute Gasteiger partial charge is 0.227 e. The molecule has 3 aromatic rings. The zero-order valence-corrected chi connectivity index (χ0v) is 17.1. The third kappa shape index (κ3) is 4.35. The first-order chi connectivity index (χ1) is 14.5. The number of carbonyl (C=O) groups excluding carboxylic acids is 1. The fourth-order valence-electron chi connectivity index (χ4n) is 4.83. The quantitative estimate of drug-likeness (QED) is 0.527. The molecule has 30 heavy (non-hydrogen) atoms. The van der Waals surface area contributed by atoms with E-state index in [2.05, 4.69) is 10.3 Å². The molecule has 0 aliphatic heterocycles. The van der Waals surface area contributed by atoms with Gasteiger partial charge >= 0.3 is 0 Å². The number of nitrogens with zero attached hydrogens (tertiary/aromatic N) is 1. The molecule has 0 radical (unpaired) electrons. The topological polar surface area (TPSA) is 42.0 Å². The average Bonchev–Trinajstić information content (AvgIpc) is 2.76. The van der Waals surface area contributed by atoms with Crippen molar-refractivity contribution in [1.29, 1.82) is 0 Å². The number of benzene rings is 2. The second-order valence-electron chi connectivity index (χ2n) is 8.18. The van der Waals surface area contributed by atoms with E-state index in [-0.39, 0.29) is 23.5 Å². The van der Waals surface area contributed by atoms with Crippen molar-refractivity contribution in [2.75, 3.05) is 5.32 Å². The Morgan fingerprint density at radius 3 is 2.43 bits per heavy atom. The maximum absolute atomic E-state index is 13.5. The molecule has 1 N–H and O–H groups in total. The molecule has 4 rings (SSSR count). The van der Waals surface area contributed by atoms with E-state index in [4.69, 9.17) is 0 Å². The molecule has 5 heteroatoms. The number of aromatic nitrogens is 1. The van der Waals surface area contributed by atoms with Crippen LogP contribution in [0.15, 0.2) is 54.7 Å². The van der Waals surface area contributed by atoms with Crippen molar-refractivity contribution in [2.45, 2.75) is 44.9 Å². The molecule has 1 aromatic heterocycles. The number of halogens is 2. The summed E-state index contributed by atoms with van der Waals surface area (Å²) >= 11 is 0. The number of rotatable bonds is 5. The third-order valence-corrected chi connectivity index (χ3v) is 6.41. The number of hydrogen-bond donors (Lipinski definition) is 1. The largest absolute Gasteiger partial charge is 0.326 e. The first-order valence-electron chi connectivity index (χ1n) is 10.7. The molecule has 0 saturated heterocycles.